The zero-order chi connectivity index (χ0) is 21.7. The molecule has 3 heterocycles. The number of hydrogen-bond donors (Lipinski definition) is 2. The summed E-state index contributed by atoms with van der Waals surface area (Å²) in [5.41, 5.74) is 0.617. The number of nitrogens with zero attached hydrogens (tertiary/aromatic N) is 1. The number of carbonyl (C=O) groups is 1. The van der Waals surface area contributed by atoms with E-state index in [1.165, 1.54) is 29.2 Å². The Morgan fingerprint density at radius 2 is 1.97 bits per heavy atom. The third-order valence-electron chi connectivity index (χ3n) is 5.28. The van der Waals surface area contributed by atoms with E-state index in [1.807, 2.05) is 0 Å². The fourth-order valence-electron chi connectivity index (χ4n) is 3.95. The number of fused-ring (bicyclic) bond motifs is 3. The van der Waals surface area contributed by atoms with E-state index < -0.39 is 23.2 Å². The van der Waals surface area contributed by atoms with Crippen molar-refractivity contribution in [2.45, 2.75) is 6.54 Å². The van der Waals surface area contributed by atoms with E-state index in [-0.39, 0.29) is 28.9 Å². The fourth-order valence-corrected chi connectivity index (χ4v) is 3.95. The first-order valence-electron chi connectivity index (χ1n) is 9.33. The summed E-state index contributed by atoms with van der Waals surface area (Å²) in [6.45, 7) is -0.179. The number of nitrogens with one attached hydrogen (secondary N) is 1. The van der Waals surface area contributed by atoms with E-state index in [0.29, 0.717) is 16.5 Å². The highest BCUT2D eigenvalue weighted by Crippen LogP contribution is 2.39. The highest BCUT2D eigenvalue weighted by atomic mass is 19.1. The van der Waals surface area contributed by atoms with Crippen LogP contribution in [0.2, 0.25) is 0 Å². The van der Waals surface area contributed by atoms with Crippen LogP contribution in [0.1, 0.15) is 16.1 Å². The molecule has 8 heteroatoms. The van der Waals surface area contributed by atoms with Gasteiger partial charge in [-0.15, -0.1) is 0 Å². The summed E-state index contributed by atoms with van der Waals surface area (Å²) in [5, 5.41) is 11.3. The van der Waals surface area contributed by atoms with Gasteiger partial charge in [0.15, 0.2) is 0 Å². The topological polar surface area (TPSA) is 88.2 Å². The average molecular weight is 420 g/mol. The van der Waals surface area contributed by atoms with Crippen molar-refractivity contribution in [3.63, 3.8) is 0 Å². The Morgan fingerprint density at radius 1 is 1.13 bits per heavy atom. The Bertz CT molecular complexity index is 1540. The maximum Gasteiger partial charge on any atom is 0.353 e. The largest absolute Gasteiger partial charge is 0.477 e. The first-order chi connectivity index (χ1) is 15.0. The van der Waals surface area contributed by atoms with Crippen LogP contribution in [0.4, 0.5) is 8.78 Å². The lowest BCUT2D eigenvalue weighted by atomic mass is 10.0. The lowest BCUT2D eigenvalue weighted by Gasteiger charge is -2.10. The van der Waals surface area contributed by atoms with Gasteiger partial charge >= 0.3 is 5.97 Å². The quantitative estimate of drug-likeness (QED) is 0.439. The maximum absolute atomic E-state index is 14.4. The van der Waals surface area contributed by atoms with Gasteiger partial charge in [0.05, 0.1) is 29.3 Å². The number of carboxylic acids is 1. The number of furan rings is 1. The summed E-state index contributed by atoms with van der Waals surface area (Å²) in [5.74, 6) is -2.82. The summed E-state index contributed by atoms with van der Waals surface area (Å²) in [7, 11) is 0. The molecular formula is C23H14F2N2O4. The number of aromatic amines is 1. The minimum atomic E-state index is -1.29. The number of benzene rings is 2. The molecule has 5 rings (SSSR count). The van der Waals surface area contributed by atoms with Crippen LogP contribution in [0, 0.1) is 11.6 Å². The summed E-state index contributed by atoms with van der Waals surface area (Å²) >= 11 is 0. The van der Waals surface area contributed by atoms with Crippen molar-refractivity contribution in [2.24, 2.45) is 0 Å². The number of hydrogen-bond acceptors (Lipinski definition) is 3. The van der Waals surface area contributed by atoms with Gasteiger partial charge in [-0.3, -0.25) is 4.79 Å². The van der Waals surface area contributed by atoms with Crippen LogP contribution in [0.25, 0.3) is 33.0 Å². The van der Waals surface area contributed by atoms with Crippen LogP contribution < -0.4 is 5.56 Å². The molecule has 0 aliphatic carbocycles. The molecule has 0 saturated carbocycles. The van der Waals surface area contributed by atoms with Gasteiger partial charge in [0.1, 0.15) is 22.9 Å². The first kappa shape index (κ1) is 18.8. The molecule has 0 amide bonds. The van der Waals surface area contributed by atoms with E-state index in [9.17, 15) is 23.5 Å². The average Bonchev–Trinajstić information content (AvgIpc) is 3.33. The Kier molecular flexibility index (Phi) is 4.21. The summed E-state index contributed by atoms with van der Waals surface area (Å²) in [6.07, 6.45) is 2.92. The molecule has 0 bridgehead atoms. The van der Waals surface area contributed by atoms with E-state index >= 15 is 0 Å². The van der Waals surface area contributed by atoms with Crippen LogP contribution in [0.3, 0.4) is 0 Å². The van der Waals surface area contributed by atoms with Gasteiger partial charge < -0.3 is 19.1 Å². The molecule has 0 fully saturated rings. The second-order valence-electron chi connectivity index (χ2n) is 7.06. The highest BCUT2D eigenvalue weighted by Gasteiger charge is 2.28. The monoisotopic (exact) mass is 420 g/mol. The maximum atomic E-state index is 14.4. The first-order valence-corrected chi connectivity index (χ1v) is 9.33. The highest BCUT2D eigenvalue weighted by molar-refractivity contribution is 6.17. The predicted molar refractivity (Wildman–Crippen MR) is 110 cm³/mol. The minimum Gasteiger partial charge on any atom is -0.477 e. The number of rotatable bonds is 4. The van der Waals surface area contributed by atoms with Crippen molar-refractivity contribution >= 4 is 27.8 Å². The van der Waals surface area contributed by atoms with Crippen LogP contribution >= 0.6 is 0 Å². The zero-order valence-electron chi connectivity index (χ0n) is 15.9. The Labute approximate surface area is 173 Å². The SMILES string of the molecule is O=C(O)c1c(-c2ccc[nH]c2=O)c2c3occc3ccc2n1Cc1ccc(F)cc1F. The van der Waals surface area contributed by atoms with E-state index in [4.69, 9.17) is 4.42 Å². The van der Waals surface area contributed by atoms with Crippen molar-refractivity contribution in [1.29, 1.82) is 0 Å². The fraction of sp³-hybridized carbons (Fsp3) is 0.0435. The molecular weight excluding hydrogens is 406 g/mol. The molecule has 3 aromatic heterocycles. The molecule has 5 aromatic rings. The second kappa shape index (κ2) is 6.94. The van der Waals surface area contributed by atoms with Gasteiger partial charge in [-0.05, 0) is 36.4 Å². The lowest BCUT2D eigenvalue weighted by molar-refractivity contribution is 0.0687. The van der Waals surface area contributed by atoms with E-state index in [1.54, 1.807) is 24.3 Å². The van der Waals surface area contributed by atoms with Gasteiger partial charge in [0.2, 0.25) is 0 Å². The number of pyridine rings is 1. The van der Waals surface area contributed by atoms with Crippen molar-refractivity contribution < 1.29 is 23.1 Å². The standard InChI is InChI=1S/C23H14F2N2O4/c24-14-5-3-13(16(25)10-14)11-27-17-6-4-12-7-9-31-21(12)19(17)18(20(27)23(29)30)15-2-1-8-26-22(15)28/h1-10H,11H2,(H,26,28)(H,29,30). The Balaban J connectivity index is 1.92. The Morgan fingerprint density at radius 3 is 2.71 bits per heavy atom. The molecule has 154 valence electrons. The molecule has 0 aliphatic heterocycles. The van der Waals surface area contributed by atoms with Crippen molar-refractivity contribution in [3.05, 3.63) is 94.2 Å². The molecule has 0 unspecified atom stereocenters. The predicted octanol–water partition coefficient (Wildman–Crippen LogP) is 4.77. The number of halogens is 2. The van der Waals surface area contributed by atoms with E-state index in [2.05, 4.69) is 4.98 Å². The van der Waals surface area contributed by atoms with Crippen molar-refractivity contribution in [1.82, 2.24) is 9.55 Å². The normalized spacial score (nSPS) is 11.4. The Hall–Kier alpha value is -4.20. The zero-order valence-corrected chi connectivity index (χ0v) is 15.9. The summed E-state index contributed by atoms with van der Waals surface area (Å²) in [6, 6.07) is 11.4. The second-order valence-corrected chi connectivity index (χ2v) is 7.06. The number of H-pyrrole nitrogens is 1. The van der Waals surface area contributed by atoms with Gasteiger partial charge in [0.25, 0.3) is 5.56 Å². The number of aromatic carboxylic acids is 1. The van der Waals surface area contributed by atoms with Crippen LogP contribution in [0.5, 0.6) is 0 Å². The lowest BCUT2D eigenvalue weighted by Crippen LogP contribution is -2.14. The van der Waals surface area contributed by atoms with Crippen molar-refractivity contribution in [2.75, 3.05) is 0 Å². The van der Waals surface area contributed by atoms with Gasteiger partial charge in [-0.2, -0.15) is 0 Å². The van der Waals surface area contributed by atoms with Gasteiger partial charge in [0, 0.05) is 28.8 Å². The minimum absolute atomic E-state index is 0.105. The molecule has 0 aliphatic rings. The molecule has 0 saturated heterocycles. The summed E-state index contributed by atoms with van der Waals surface area (Å²) in [4.78, 5) is 27.5. The number of aromatic nitrogens is 2. The van der Waals surface area contributed by atoms with Crippen LogP contribution in [-0.2, 0) is 6.54 Å². The van der Waals surface area contributed by atoms with Crippen LogP contribution in [-0.4, -0.2) is 20.6 Å². The number of carboxylic acid groups (broad SMARTS) is 1. The molecule has 2 aromatic carbocycles. The molecule has 6 nitrogen and oxygen atoms in total. The van der Waals surface area contributed by atoms with Gasteiger partial charge in [-0.1, -0.05) is 6.07 Å². The smallest absolute Gasteiger partial charge is 0.353 e. The molecule has 0 radical (unpaired) electrons. The van der Waals surface area contributed by atoms with Crippen LogP contribution in [0.15, 0.2) is 70.2 Å². The van der Waals surface area contributed by atoms with E-state index in [0.717, 1.165) is 17.5 Å². The molecule has 31 heavy (non-hydrogen) atoms. The molecule has 0 atom stereocenters. The van der Waals surface area contributed by atoms with Crippen molar-refractivity contribution in [3.8, 4) is 11.1 Å². The van der Waals surface area contributed by atoms with Gasteiger partial charge in [-0.25, -0.2) is 13.6 Å². The summed E-state index contributed by atoms with van der Waals surface area (Å²) < 4.78 is 34.8. The third-order valence-corrected chi connectivity index (χ3v) is 5.28. The third kappa shape index (κ3) is 2.92. The molecule has 0 spiro atoms. The molecule has 2 N–H and O–H groups in total.